The van der Waals surface area contributed by atoms with E-state index in [2.05, 4.69) is 60.0 Å². The Morgan fingerprint density at radius 1 is 0.891 bits per heavy atom. The van der Waals surface area contributed by atoms with Gasteiger partial charge in [-0.15, -0.1) is 11.8 Å². The minimum atomic E-state index is -0.934. The summed E-state index contributed by atoms with van der Waals surface area (Å²) in [6, 6.07) is 20.5. The maximum absolute atomic E-state index is 12.2. The zero-order chi connectivity index (χ0) is 33.1. The van der Waals surface area contributed by atoms with Crippen molar-refractivity contribution in [3.63, 3.8) is 0 Å². The zero-order valence-electron chi connectivity index (χ0n) is 27.7. The smallest absolute Gasteiger partial charge is 0.309 e. The molecule has 46 heavy (non-hydrogen) atoms. The number of hydrogen-bond acceptors (Lipinski definition) is 6. The van der Waals surface area contributed by atoms with Crippen LogP contribution in [-0.2, 0) is 24.2 Å². The Morgan fingerprint density at radius 2 is 1.63 bits per heavy atom. The van der Waals surface area contributed by atoms with Crippen LogP contribution in [-0.4, -0.2) is 37.4 Å². The molecule has 0 aliphatic rings. The molecular formula is C38H43N3O4S. The molecule has 5 rings (SSSR count). The number of aliphatic carboxylic acids is 1. The molecule has 3 aromatic heterocycles. The molecule has 0 atom stereocenters. The summed E-state index contributed by atoms with van der Waals surface area (Å²) in [5.41, 5.74) is 7.20. The Morgan fingerprint density at radius 3 is 2.24 bits per heavy atom. The number of H-pyrrole nitrogens is 1. The van der Waals surface area contributed by atoms with E-state index in [0.717, 1.165) is 60.8 Å². The molecule has 0 saturated carbocycles. The molecule has 0 radical (unpaired) electrons. The van der Waals surface area contributed by atoms with Crippen molar-refractivity contribution in [1.29, 1.82) is 0 Å². The van der Waals surface area contributed by atoms with E-state index in [1.54, 1.807) is 25.6 Å². The summed E-state index contributed by atoms with van der Waals surface area (Å²) in [4.78, 5) is 25.8. The van der Waals surface area contributed by atoms with Crippen molar-refractivity contribution in [2.45, 2.75) is 77.6 Å². The first-order chi connectivity index (χ1) is 21.8. The lowest BCUT2D eigenvalue weighted by Gasteiger charge is -2.23. The molecule has 0 aliphatic heterocycles. The molecule has 0 spiro atoms. The highest BCUT2D eigenvalue weighted by molar-refractivity contribution is 8.00. The number of nitrogens with one attached hydrogen (secondary N) is 1. The molecule has 0 aliphatic carbocycles. The van der Waals surface area contributed by atoms with Crippen LogP contribution in [0.15, 0.2) is 78.0 Å². The third kappa shape index (κ3) is 7.91. The monoisotopic (exact) mass is 637 g/mol. The highest BCUT2D eigenvalue weighted by Gasteiger charge is 2.32. The SMILES string of the molecule is CCOc1ccc(-c2ccc(Cc3c(OCc4ccc(C)cn4)ccc4[nH]c(CC(C)(C)C(=O)O)c(SC(C)(C)C)c34)cc2)cn1. The molecule has 3 heterocycles. The summed E-state index contributed by atoms with van der Waals surface area (Å²) in [5.74, 6) is 0.579. The average Bonchev–Trinajstić information content (AvgIpc) is 3.33. The summed E-state index contributed by atoms with van der Waals surface area (Å²) in [7, 11) is 0. The fourth-order valence-electron chi connectivity index (χ4n) is 5.27. The predicted octanol–water partition coefficient (Wildman–Crippen LogP) is 9.05. The zero-order valence-corrected chi connectivity index (χ0v) is 28.5. The van der Waals surface area contributed by atoms with Crippen molar-refractivity contribution in [1.82, 2.24) is 15.0 Å². The number of hydrogen-bond donors (Lipinski definition) is 2. The number of aromatic nitrogens is 3. The molecule has 0 unspecified atom stereocenters. The van der Waals surface area contributed by atoms with Gasteiger partial charge in [-0.2, -0.15) is 0 Å². The van der Waals surface area contributed by atoms with Crippen molar-refractivity contribution in [3.05, 3.63) is 101 Å². The minimum absolute atomic E-state index is 0.107. The Labute approximate surface area is 275 Å². The van der Waals surface area contributed by atoms with E-state index in [-0.39, 0.29) is 4.75 Å². The Hall–Kier alpha value is -4.30. The van der Waals surface area contributed by atoms with Crippen molar-refractivity contribution in [3.8, 4) is 22.8 Å². The number of pyridine rings is 2. The second-order valence-electron chi connectivity index (χ2n) is 13.3. The Bertz CT molecular complexity index is 1800. The van der Waals surface area contributed by atoms with Crippen molar-refractivity contribution >= 4 is 28.6 Å². The number of nitrogens with zero attached hydrogens (tertiary/aromatic N) is 2. The second-order valence-corrected chi connectivity index (χ2v) is 15.1. The van der Waals surface area contributed by atoms with Gasteiger partial charge in [-0.25, -0.2) is 4.98 Å². The lowest BCUT2D eigenvalue weighted by molar-refractivity contribution is -0.146. The first-order valence-electron chi connectivity index (χ1n) is 15.6. The number of aryl methyl sites for hydroxylation is 1. The van der Waals surface area contributed by atoms with Gasteiger partial charge in [0.2, 0.25) is 5.88 Å². The lowest BCUT2D eigenvalue weighted by Crippen LogP contribution is -2.26. The Balaban J connectivity index is 1.58. The van der Waals surface area contributed by atoms with E-state index < -0.39 is 11.4 Å². The van der Waals surface area contributed by atoms with E-state index >= 15 is 0 Å². The van der Waals surface area contributed by atoms with Crippen LogP contribution >= 0.6 is 11.8 Å². The lowest BCUT2D eigenvalue weighted by atomic mass is 9.88. The molecule has 7 nitrogen and oxygen atoms in total. The summed E-state index contributed by atoms with van der Waals surface area (Å²) in [6.45, 7) is 15.0. The van der Waals surface area contributed by atoms with E-state index in [9.17, 15) is 9.90 Å². The van der Waals surface area contributed by atoms with Crippen LogP contribution in [0.5, 0.6) is 11.6 Å². The molecule has 0 fully saturated rings. The fraction of sp³-hybridized carbons (Fsp3) is 0.342. The van der Waals surface area contributed by atoms with Gasteiger partial charge in [0.05, 0.1) is 17.7 Å². The minimum Gasteiger partial charge on any atom is -0.487 e. The van der Waals surface area contributed by atoms with Gasteiger partial charge in [-0.05, 0) is 68.7 Å². The second kappa shape index (κ2) is 13.6. The van der Waals surface area contributed by atoms with Crippen LogP contribution in [0.1, 0.15) is 69.6 Å². The predicted molar refractivity (Wildman–Crippen MR) is 186 cm³/mol. The summed E-state index contributed by atoms with van der Waals surface area (Å²) in [5, 5.41) is 11.0. The molecule has 5 aromatic rings. The summed E-state index contributed by atoms with van der Waals surface area (Å²) in [6.07, 6.45) is 4.70. The normalized spacial score (nSPS) is 12.0. The van der Waals surface area contributed by atoms with Gasteiger partial charge < -0.3 is 19.6 Å². The molecule has 2 N–H and O–H groups in total. The van der Waals surface area contributed by atoms with Crippen LogP contribution in [0.25, 0.3) is 22.0 Å². The van der Waals surface area contributed by atoms with Gasteiger partial charge in [0.15, 0.2) is 0 Å². The third-order valence-corrected chi connectivity index (χ3v) is 8.97. The number of rotatable bonds is 12. The number of ether oxygens (including phenoxy) is 2. The molecule has 2 aromatic carbocycles. The number of carbonyl (C=O) groups is 1. The first-order valence-corrected chi connectivity index (χ1v) is 16.5. The standard InChI is InChI=1S/C38H43N3O4S/c1-8-44-33-18-14-27(22-40-33)26-12-10-25(11-13-26)19-29-32(45-23-28-15-9-24(2)21-39-28)17-16-30-34(29)35(46-37(3,4)5)31(41-30)20-38(6,7)36(42)43/h9-18,21-22,41H,8,19-20,23H2,1-7H3,(H,42,43). The molecule has 0 bridgehead atoms. The van der Waals surface area contributed by atoms with Crippen LogP contribution in [0.2, 0.25) is 0 Å². The molecule has 0 saturated heterocycles. The van der Waals surface area contributed by atoms with Crippen LogP contribution < -0.4 is 9.47 Å². The number of benzene rings is 2. The number of carboxylic acids is 1. The van der Waals surface area contributed by atoms with Crippen molar-refractivity contribution < 1.29 is 19.4 Å². The van der Waals surface area contributed by atoms with Crippen LogP contribution in [0, 0.1) is 12.3 Å². The highest BCUT2D eigenvalue weighted by atomic mass is 32.2. The van der Waals surface area contributed by atoms with Crippen LogP contribution in [0.4, 0.5) is 0 Å². The quantitative estimate of drug-likeness (QED) is 0.132. The Kier molecular flexibility index (Phi) is 9.77. The number of carboxylic acid groups (broad SMARTS) is 1. The topological polar surface area (TPSA) is 97.3 Å². The maximum atomic E-state index is 12.2. The maximum Gasteiger partial charge on any atom is 0.309 e. The fourth-order valence-corrected chi connectivity index (χ4v) is 6.47. The number of thioether (sulfide) groups is 1. The average molecular weight is 638 g/mol. The van der Waals surface area contributed by atoms with Gasteiger partial charge in [-0.3, -0.25) is 9.78 Å². The number of fused-ring (bicyclic) bond motifs is 1. The molecule has 240 valence electrons. The largest absolute Gasteiger partial charge is 0.487 e. The molecular weight excluding hydrogens is 595 g/mol. The molecule has 8 heteroatoms. The van der Waals surface area contributed by atoms with Crippen molar-refractivity contribution in [2.24, 2.45) is 5.41 Å². The van der Waals surface area contributed by atoms with E-state index in [1.807, 2.05) is 62.6 Å². The first kappa shape index (κ1) is 33.1. The van der Waals surface area contributed by atoms with E-state index in [0.29, 0.717) is 31.9 Å². The van der Waals surface area contributed by atoms with Crippen molar-refractivity contribution in [2.75, 3.05) is 6.61 Å². The van der Waals surface area contributed by atoms with Gasteiger partial charge in [0.25, 0.3) is 0 Å². The van der Waals surface area contributed by atoms with Gasteiger partial charge >= 0.3 is 5.97 Å². The van der Waals surface area contributed by atoms with Gasteiger partial charge in [0.1, 0.15) is 12.4 Å². The summed E-state index contributed by atoms with van der Waals surface area (Å²) < 4.78 is 11.9. The van der Waals surface area contributed by atoms with Crippen LogP contribution in [0.3, 0.4) is 0 Å². The van der Waals surface area contributed by atoms with E-state index in [1.165, 1.54) is 0 Å². The third-order valence-electron chi connectivity index (χ3n) is 7.71. The summed E-state index contributed by atoms with van der Waals surface area (Å²) >= 11 is 1.76. The number of aromatic amines is 1. The highest BCUT2D eigenvalue weighted by Crippen LogP contribution is 2.45. The molecule has 0 amide bonds. The van der Waals surface area contributed by atoms with E-state index in [4.69, 9.17) is 9.47 Å². The van der Waals surface area contributed by atoms with Gasteiger partial charge in [0, 0.05) is 68.7 Å². The van der Waals surface area contributed by atoms with Gasteiger partial charge in [-0.1, -0.05) is 51.1 Å².